The van der Waals surface area contributed by atoms with Gasteiger partial charge in [-0.1, -0.05) is 12.8 Å². The predicted molar refractivity (Wildman–Crippen MR) is 80.5 cm³/mol. The van der Waals surface area contributed by atoms with Crippen molar-refractivity contribution in [3.8, 4) is 0 Å². The van der Waals surface area contributed by atoms with E-state index in [2.05, 4.69) is 10.3 Å². The van der Waals surface area contributed by atoms with Gasteiger partial charge in [0, 0.05) is 31.9 Å². The third-order valence-corrected chi connectivity index (χ3v) is 6.16. The minimum absolute atomic E-state index is 0.0228. The molecule has 1 aliphatic carbocycles. The summed E-state index contributed by atoms with van der Waals surface area (Å²) >= 11 is 0. The topological polar surface area (TPSA) is 81.1 Å². The molecule has 7 heteroatoms. The van der Waals surface area contributed by atoms with Gasteiger partial charge in [-0.2, -0.15) is 0 Å². The number of sulfone groups is 1. The fraction of sp³-hybridized carbons (Fsp3) is 0.714. The lowest BCUT2D eigenvalue weighted by molar-refractivity contribution is -0.120. The van der Waals surface area contributed by atoms with E-state index in [-0.39, 0.29) is 23.3 Å². The van der Waals surface area contributed by atoms with Gasteiger partial charge in [-0.15, -0.1) is 0 Å². The lowest BCUT2D eigenvalue weighted by Crippen LogP contribution is -2.29. The molecule has 1 saturated carbocycles. The van der Waals surface area contributed by atoms with Crippen LogP contribution >= 0.6 is 0 Å². The molecule has 1 amide bonds. The number of nitrogens with one attached hydrogen (secondary N) is 1. The summed E-state index contributed by atoms with van der Waals surface area (Å²) in [5.74, 6) is -0.201. The Morgan fingerprint density at radius 3 is 2.76 bits per heavy atom. The van der Waals surface area contributed by atoms with Crippen LogP contribution in [0.1, 0.15) is 38.5 Å². The number of carbonyl (C=O) groups is 1. The average molecular weight is 313 g/mol. The molecule has 1 fully saturated rings. The van der Waals surface area contributed by atoms with Crippen LogP contribution in [0.3, 0.4) is 0 Å². The van der Waals surface area contributed by atoms with Gasteiger partial charge in [0.1, 0.15) is 0 Å². The summed E-state index contributed by atoms with van der Waals surface area (Å²) in [7, 11) is -3.09. The summed E-state index contributed by atoms with van der Waals surface area (Å²) < 4.78 is 26.0. The van der Waals surface area contributed by atoms with Crippen LogP contribution in [-0.4, -0.2) is 41.4 Å². The monoisotopic (exact) mass is 313 g/mol. The molecule has 0 radical (unpaired) electrons. The molecule has 21 heavy (non-hydrogen) atoms. The molecule has 0 aliphatic heterocycles. The van der Waals surface area contributed by atoms with Gasteiger partial charge in [0.05, 0.1) is 17.3 Å². The highest BCUT2D eigenvalue weighted by Crippen LogP contribution is 2.25. The second kappa shape index (κ2) is 7.59. The number of hydrogen-bond acceptors (Lipinski definition) is 4. The molecule has 118 valence electrons. The van der Waals surface area contributed by atoms with E-state index in [1.54, 1.807) is 12.5 Å². The van der Waals surface area contributed by atoms with Crippen molar-refractivity contribution in [3.05, 3.63) is 18.7 Å². The normalized spacial score (nSPS) is 16.2. The molecular formula is C14H23N3O3S. The molecule has 0 unspecified atom stereocenters. The Bertz CT molecular complexity index is 534. The highest BCUT2D eigenvalue weighted by Gasteiger charge is 2.28. The molecule has 6 nitrogen and oxygen atoms in total. The number of rotatable bonds is 8. The Labute approximate surface area is 125 Å². The van der Waals surface area contributed by atoms with E-state index in [0.717, 1.165) is 38.6 Å². The van der Waals surface area contributed by atoms with Gasteiger partial charge in [-0.05, 0) is 19.3 Å². The SMILES string of the molecule is O=C(CCS(=O)(=O)C1CCCC1)NCCCn1ccnc1. The van der Waals surface area contributed by atoms with Gasteiger partial charge < -0.3 is 9.88 Å². The largest absolute Gasteiger partial charge is 0.356 e. The summed E-state index contributed by atoms with van der Waals surface area (Å²) in [5, 5.41) is 2.55. The third-order valence-electron chi connectivity index (χ3n) is 3.90. The van der Waals surface area contributed by atoms with Crippen molar-refractivity contribution in [2.75, 3.05) is 12.3 Å². The van der Waals surface area contributed by atoms with Gasteiger partial charge in [-0.25, -0.2) is 13.4 Å². The highest BCUT2D eigenvalue weighted by atomic mass is 32.2. The zero-order valence-corrected chi connectivity index (χ0v) is 13.0. The number of carbonyl (C=O) groups excluding carboxylic acids is 1. The quantitative estimate of drug-likeness (QED) is 0.730. The van der Waals surface area contributed by atoms with Crippen molar-refractivity contribution in [2.24, 2.45) is 0 Å². The molecule has 1 heterocycles. The predicted octanol–water partition coefficient (Wildman–Crippen LogP) is 1.14. The maximum atomic E-state index is 12.0. The summed E-state index contributed by atoms with van der Waals surface area (Å²) in [5.41, 5.74) is 0. The van der Waals surface area contributed by atoms with Crippen molar-refractivity contribution in [1.82, 2.24) is 14.9 Å². The number of aryl methyl sites for hydroxylation is 1. The first-order chi connectivity index (χ1) is 10.1. The molecule has 0 atom stereocenters. The molecule has 0 aromatic carbocycles. The molecule has 1 aliphatic rings. The second-order valence-electron chi connectivity index (χ2n) is 5.53. The Hall–Kier alpha value is -1.37. The molecular weight excluding hydrogens is 290 g/mol. The number of nitrogens with zero attached hydrogens (tertiary/aromatic N) is 2. The standard InChI is InChI=1S/C14H23N3O3S/c18-14(16-7-3-9-17-10-8-15-12-17)6-11-21(19,20)13-4-1-2-5-13/h8,10,12-13H,1-7,9,11H2,(H,16,18). The van der Waals surface area contributed by atoms with Crippen LogP contribution in [0, 0.1) is 0 Å². The summed E-state index contributed by atoms with van der Waals surface area (Å²) in [6.07, 6.45) is 9.69. The van der Waals surface area contributed by atoms with E-state index >= 15 is 0 Å². The van der Waals surface area contributed by atoms with E-state index in [1.165, 1.54) is 0 Å². The van der Waals surface area contributed by atoms with E-state index < -0.39 is 9.84 Å². The Kier molecular flexibility index (Phi) is 5.78. The lowest BCUT2D eigenvalue weighted by atomic mass is 10.4. The summed E-state index contributed by atoms with van der Waals surface area (Å²) in [6, 6.07) is 0. The van der Waals surface area contributed by atoms with Gasteiger partial charge >= 0.3 is 0 Å². The first-order valence-corrected chi connectivity index (χ1v) is 9.23. The Morgan fingerprint density at radius 1 is 1.33 bits per heavy atom. The summed E-state index contributed by atoms with van der Waals surface area (Å²) in [4.78, 5) is 15.6. The minimum Gasteiger partial charge on any atom is -0.356 e. The minimum atomic E-state index is -3.09. The van der Waals surface area contributed by atoms with Crippen LogP contribution in [0.4, 0.5) is 0 Å². The van der Waals surface area contributed by atoms with Crippen molar-refractivity contribution in [2.45, 2.75) is 50.3 Å². The maximum Gasteiger partial charge on any atom is 0.221 e. The van der Waals surface area contributed by atoms with Gasteiger partial charge in [-0.3, -0.25) is 4.79 Å². The number of aromatic nitrogens is 2. The number of hydrogen-bond donors (Lipinski definition) is 1. The zero-order valence-electron chi connectivity index (χ0n) is 12.2. The fourth-order valence-corrected chi connectivity index (χ4v) is 4.50. The van der Waals surface area contributed by atoms with Crippen molar-refractivity contribution < 1.29 is 13.2 Å². The molecule has 1 aromatic rings. The van der Waals surface area contributed by atoms with E-state index in [4.69, 9.17) is 0 Å². The van der Waals surface area contributed by atoms with Crippen molar-refractivity contribution in [3.63, 3.8) is 0 Å². The fourth-order valence-electron chi connectivity index (χ4n) is 2.65. The van der Waals surface area contributed by atoms with Crippen molar-refractivity contribution in [1.29, 1.82) is 0 Å². The van der Waals surface area contributed by atoms with Gasteiger partial charge in [0.25, 0.3) is 0 Å². The highest BCUT2D eigenvalue weighted by molar-refractivity contribution is 7.92. The Balaban J connectivity index is 1.61. The van der Waals surface area contributed by atoms with Crippen molar-refractivity contribution >= 4 is 15.7 Å². The smallest absolute Gasteiger partial charge is 0.221 e. The average Bonchev–Trinajstić information content (AvgIpc) is 3.14. The van der Waals surface area contributed by atoms with Crippen LogP contribution in [0.5, 0.6) is 0 Å². The maximum absolute atomic E-state index is 12.0. The zero-order chi connectivity index (χ0) is 15.1. The Morgan fingerprint density at radius 2 is 2.10 bits per heavy atom. The first-order valence-electron chi connectivity index (χ1n) is 7.52. The van der Waals surface area contributed by atoms with Crippen LogP contribution < -0.4 is 5.32 Å². The molecule has 0 spiro atoms. The van der Waals surface area contributed by atoms with Crippen LogP contribution in [0.25, 0.3) is 0 Å². The van der Waals surface area contributed by atoms with Crippen LogP contribution in [0.2, 0.25) is 0 Å². The molecule has 1 aromatic heterocycles. The van der Waals surface area contributed by atoms with Gasteiger partial charge in [0.2, 0.25) is 5.91 Å². The van der Waals surface area contributed by atoms with E-state index in [0.29, 0.717) is 6.54 Å². The lowest BCUT2D eigenvalue weighted by Gasteiger charge is -2.11. The molecule has 2 rings (SSSR count). The molecule has 1 N–H and O–H groups in total. The van der Waals surface area contributed by atoms with Crippen LogP contribution in [-0.2, 0) is 21.2 Å². The molecule has 0 bridgehead atoms. The molecule has 0 saturated heterocycles. The third kappa shape index (κ3) is 5.15. The van der Waals surface area contributed by atoms with Crippen LogP contribution in [0.15, 0.2) is 18.7 Å². The number of amides is 1. The van der Waals surface area contributed by atoms with E-state index in [9.17, 15) is 13.2 Å². The second-order valence-corrected chi connectivity index (χ2v) is 7.93. The van der Waals surface area contributed by atoms with E-state index in [1.807, 2.05) is 10.8 Å². The summed E-state index contributed by atoms with van der Waals surface area (Å²) in [6.45, 7) is 1.35. The first kappa shape index (κ1) is 16.0. The number of imidazole rings is 1. The van der Waals surface area contributed by atoms with Gasteiger partial charge in [0.15, 0.2) is 9.84 Å².